The Kier molecular flexibility index (Phi) is 4.83. The molecule has 0 aliphatic heterocycles. The van der Waals surface area contributed by atoms with Gasteiger partial charge in [-0.15, -0.1) is 6.58 Å². The Morgan fingerprint density at radius 2 is 2.33 bits per heavy atom. The number of methoxy groups -OCH3 is 1. The first-order valence-corrected chi connectivity index (χ1v) is 5.58. The van der Waals surface area contributed by atoms with Crippen LogP contribution >= 0.6 is 0 Å². The van der Waals surface area contributed by atoms with Crippen LogP contribution in [0.4, 0.5) is 10.1 Å². The van der Waals surface area contributed by atoms with Gasteiger partial charge in [0.15, 0.2) is 0 Å². The molecule has 1 aromatic heterocycles. The summed E-state index contributed by atoms with van der Waals surface area (Å²) in [6.07, 6.45) is 1.81. The van der Waals surface area contributed by atoms with Crippen LogP contribution in [0, 0.1) is 11.9 Å². The summed E-state index contributed by atoms with van der Waals surface area (Å²) in [5.41, 5.74) is 0.926. The molecule has 4 nitrogen and oxygen atoms in total. The lowest BCUT2D eigenvalue weighted by molar-refractivity contribution is -0.119. The van der Waals surface area contributed by atoms with Crippen LogP contribution in [-0.4, -0.2) is 18.0 Å². The molecule has 0 saturated carbocycles. The molecule has 1 N–H and O–H groups in total. The third kappa shape index (κ3) is 3.84. The highest BCUT2D eigenvalue weighted by atomic mass is 19.1. The minimum absolute atomic E-state index is 0.0212. The van der Waals surface area contributed by atoms with E-state index >= 15 is 0 Å². The molecule has 98 valence electrons. The molecule has 1 amide bonds. The number of anilines is 1. The highest BCUT2D eigenvalue weighted by Gasteiger charge is 2.15. The molecule has 1 aromatic rings. The van der Waals surface area contributed by atoms with Gasteiger partial charge in [-0.05, 0) is 13.3 Å². The summed E-state index contributed by atoms with van der Waals surface area (Å²) in [5.74, 6) is -0.883. The fourth-order valence-corrected chi connectivity index (χ4v) is 1.50. The van der Waals surface area contributed by atoms with Crippen LogP contribution in [0.5, 0.6) is 5.75 Å². The van der Waals surface area contributed by atoms with E-state index in [0.29, 0.717) is 12.2 Å². The van der Waals surface area contributed by atoms with Gasteiger partial charge in [0.25, 0.3) is 0 Å². The third-order valence-corrected chi connectivity index (χ3v) is 2.41. The van der Waals surface area contributed by atoms with Gasteiger partial charge in [-0.3, -0.25) is 4.79 Å². The number of amides is 1. The predicted octanol–water partition coefficient (Wildman–Crippen LogP) is 2.77. The molecule has 0 aliphatic rings. The zero-order chi connectivity index (χ0) is 13.7. The van der Waals surface area contributed by atoms with Gasteiger partial charge in [0.05, 0.1) is 13.3 Å². The molecule has 0 saturated heterocycles. The summed E-state index contributed by atoms with van der Waals surface area (Å²) in [4.78, 5) is 15.3. The fraction of sp³-hybridized carbons (Fsp3) is 0.385. The maximum atomic E-state index is 13.4. The summed E-state index contributed by atoms with van der Waals surface area (Å²) in [5, 5.41) is 2.49. The van der Waals surface area contributed by atoms with Crippen molar-refractivity contribution >= 4 is 11.6 Å². The summed E-state index contributed by atoms with van der Waals surface area (Å²) >= 11 is 0. The van der Waals surface area contributed by atoms with Crippen molar-refractivity contribution in [2.24, 2.45) is 5.92 Å². The second kappa shape index (κ2) is 6.14. The van der Waals surface area contributed by atoms with Gasteiger partial charge >= 0.3 is 0 Å². The molecular formula is C13H17FN2O2. The summed E-state index contributed by atoms with van der Waals surface area (Å²) < 4.78 is 18.3. The minimum Gasteiger partial charge on any atom is -0.495 e. The molecular weight excluding hydrogens is 235 g/mol. The Morgan fingerprint density at radius 3 is 2.89 bits per heavy atom. The second-order valence-electron chi connectivity index (χ2n) is 4.27. The number of aromatic nitrogens is 1. The van der Waals surface area contributed by atoms with Crippen LogP contribution in [0.15, 0.2) is 24.4 Å². The Hall–Kier alpha value is -1.91. The van der Waals surface area contributed by atoms with Crippen LogP contribution in [0.2, 0.25) is 0 Å². The first kappa shape index (κ1) is 14.2. The average molecular weight is 252 g/mol. The second-order valence-corrected chi connectivity index (χ2v) is 4.27. The van der Waals surface area contributed by atoms with E-state index in [9.17, 15) is 9.18 Å². The predicted molar refractivity (Wildman–Crippen MR) is 68.0 cm³/mol. The number of hydrogen-bond donors (Lipinski definition) is 1. The van der Waals surface area contributed by atoms with Crippen molar-refractivity contribution in [3.05, 3.63) is 30.4 Å². The lowest BCUT2D eigenvalue weighted by Gasteiger charge is -2.12. The molecule has 1 atom stereocenters. The van der Waals surface area contributed by atoms with E-state index in [1.165, 1.54) is 19.4 Å². The normalized spacial score (nSPS) is 11.8. The maximum Gasteiger partial charge on any atom is 0.236 e. The van der Waals surface area contributed by atoms with Crippen LogP contribution in [-0.2, 0) is 4.79 Å². The van der Waals surface area contributed by atoms with Crippen molar-refractivity contribution in [3.63, 3.8) is 0 Å². The monoisotopic (exact) mass is 252 g/mol. The van der Waals surface area contributed by atoms with Gasteiger partial charge in [0, 0.05) is 12.0 Å². The van der Waals surface area contributed by atoms with E-state index in [1.54, 1.807) is 6.92 Å². The van der Waals surface area contributed by atoms with E-state index in [2.05, 4.69) is 16.9 Å². The topological polar surface area (TPSA) is 51.2 Å². The molecule has 0 aromatic carbocycles. The highest BCUT2D eigenvalue weighted by Crippen LogP contribution is 2.20. The van der Waals surface area contributed by atoms with Gasteiger partial charge in [-0.2, -0.15) is 4.39 Å². The molecule has 1 unspecified atom stereocenters. The van der Waals surface area contributed by atoms with Gasteiger partial charge in [0.2, 0.25) is 11.9 Å². The first-order valence-electron chi connectivity index (χ1n) is 5.58. The van der Waals surface area contributed by atoms with Crippen LogP contribution in [0.1, 0.15) is 20.3 Å². The number of carbonyl (C=O) groups is 1. The van der Waals surface area contributed by atoms with Gasteiger partial charge in [-0.1, -0.05) is 12.5 Å². The lowest BCUT2D eigenvalue weighted by Crippen LogP contribution is -2.21. The Bertz CT molecular complexity index is 460. The third-order valence-electron chi connectivity index (χ3n) is 2.41. The zero-order valence-electron chi connectivity index (χ0n) is 10.8. The van der Waals surface area contributed by atoms with E-state index in [-0.39, 0.29) is 17.5 Å². The maximum absolute atomic E-state index is 13.4. The molecule has 0 fully saturated rings. The van der Waals surface area contributed by atoms with Crippen LogP contribution < -0.4 is 10.1 Å². The average Bonchev–Trinajstić information content (AvgIpc) is 2.31. The fourth-order valence-electron chi connectivity index (χ4n) is 1.50. The van der Waals surface area contributed by atoms with Crippen molar-refractivity contribution in [2.75, 3.05) is 12.4 Å². The molecule has 5 heteroatoms. The Balaban J connectivity index is 2.77. The Labute approximate surface area is 106 Å². The van der Waals surface area contributed by atoms with Crippen molar-refractivity contribution in [1.82, 2.24) is 4.98 Å². The number of nitrogens with zero attached hydrogens (tertiary/aromatic N) is 1. The number of pyridine rings is 1. The quantitative estimate of drug-likeness (QED) is 0.647. The number of ether oxygens (including phenoxy) is 1. The number of halogens is 1. The van der Waals surface area contributed by atoms with Crippen molar-refractivity contribution in [2.45, 2.75) is 20.3 Å². The lowest BCUT2D eigenvalue weighted by atomic mass is 10.0. The minimum atomic E-state index is -0.730. The summed E-state index contributed by atoms with van der Waals surface area (Å²) in [6, 6.07) is 1.40. The van der Waals surface area contributed by atoms with Gasteiger partial charge in [-0.25, -0.2) is 4.98 Å². The molecule has 0 bridgehead atoms. The first-order chi connectivity index (χ1) is 8.43. The molecule has 0 spiro atoms. The number of hydrogen-bond acceptors (Lipinski definition) is 3. The van der Waals surface area contributed by atoms with Crippen molar-refractivity contribution in [3.8, 4) is 5.75 Å². The summed E-state index contributed by atoms with van der Waals surface area (Å²) in [6.45, 7) is 7.35. The largest absolute Gasteiger partial charge is 0.495 e. The number of allylic oxidation sites excluding steroid dienone is 1. The highest BCUT2D eigenvalue weighted by molar-refractivity contribution is 5.92. The van der Waals surface area contributed by atoms with Crippen LogP contribution in [0.3, 0.4) is 0 Å². The van der Waals surface area contributed by atoms with E-state index in [0.717, 1.165) is 5.57 Å². The van der Waals surface area contributed by atoms with Gasteiger partial charge < -0.3 is 10.1 Å². The van der Waals surface area contributed by atoms with Crippen molar-refractivity contribution in [1.29, 1.82) is 0 Å². The van der Waals surface area contributed by atoms with Crippen molar-refractivity contribution < 1.29 is 13.9 Å². The standard InChI is InChI=1S/C13H17FN2O2/c1-8(2)5-9(3)13(17)16-11-6-10(18-4)7-15-12(11)14/h6-7,9H,1,5H2,2-4H3,(H,16,17). The van der Waals surface area contributed by atoms with E-state index in [4.69, 9.17) is 4.74 Å². The Morgan fingerprint density at radius 1 is 1.67 bits per heavy atom. The molecule has 0 radical (unpaired) electrons. The number of rotatable bonds is 5. The smallest absolute Gasteiger partial charge is 0.236 e. The molecule has 1 rings (SSSR count). The van der Waals surface area contributed by atoms with E-state index in [1.807, 2.05) is 6.92 Å². The summed E-state index contributed by atoms with van der Waals surface area (Å²) in [7, 11) is 1.45. The zero-order valence-corrected chi connectivity index (χ0v) is 10.8. The number of nitrogens with one attached hydrogen (secondary N) is 1. The number of carbonyl (C=O) groups excluding carboxylic acids is 1. The molecule has 1 heterocycles. The van der Waals surface area contributed by atoms with Gasteiger partial charge in [0.1, 0.15) is 11.4 Å². The SMILES string of the molecule is C=C(C)CC(C)C(=O)Nc1cc(OC)cnc1F. The molecule has 18 heavy (non-hydrogen) atoms. The molecule has 0 aliphatic carbocycles. The van der Waals surface area contributed by atoms with Crippen LogP contribution in [0.25, 0.3) is 0 Å². The van der Waals surface area contributed by atoms with E-state index < -0.39 is 5.95 Å².